The molecule has 0 unspecified atom stereocenters. The third-order valence-corrected chi connectivity index (χ3v) is 5.43. The normalized spacial score (nSPS) is 16.0. The van der Waals surface area contributed by atoms with E-state index in [-0.39, 0.29) is 4.90 Å². The highest BCUT2D eigenvalue weighted by Crippen LogP contribution is 2.39. The van der Waals surface area contributed by atoms with Crippen molar-refractivity contribution in [1.82, 2.24) is 4.72 Å². The van der Waals surface area contributed by atoms with Gasteiger partial charge in [-0.25, -0.2) is 13.1 Å². The van der Waals surface area contributed by atoms with Crippen LogP contribution in [0.1, 0.15) is 33.1 Å². The minimum absolute atomic E-state index is 0.266. The summed E-state index contributed by atoms with van der Waals surface area (Å²) in [5.41, 5.74) is 5.00. The summed E-state index contributed by atoms with van der Waals surface area (Å²) >= 11 is 0. The van der Waals surface area contributed by atoms with Gasteiger partial charge in [-0.2, -0.15) is 0 Å². The van der Waals surface area contributed by atoms with Crippen molar-refractivity contribution in [1.29, 1.82) is 0 Å². The van der Waals surface area contributed by atoms with Crippen LogP contribution in [0.4, 0.5) is 0 Å². The first-order valence-electron chi connectivity index (χ1n) is 7.32. The number of nitrogens with two attached hydrogens (primary N) is 1. The second-order valence-corrected chi connectivity index (χ2v) is 7.75. The summed E-state index contributed by atoms with van der Waals surface area (Å²) < 4.78 is 33.0. The van der Waals surface area contributed by atoms with Crippen LogP contribution in [0.2, 0.25) is 0 Å². The summed E-state index contributed by atoms with van der Waals surface area (Å²) in [5.74, 6) is 1.09. The van der Waals surface area contributed by atoms with Crippen LogP contribution < -0.4 is 15.2 Å². The molecule has 2 rings (SSSR count). The first kappa shape index (κ1) is 16.3. The second kappa shape index (κ2) is 6.34. The molecule has 0 bridgehead atoms. The van der Waals surface area contributed by atoms with Gasteiger partial charge in [-0.15, -0.1) is 0 Å². The summed E-state index contributed by atoms with van der Waals surface area (Å²) in [7, 11) is -3.49. The van der Waals surface area contributed by atoms with Crippen LogP contribution in [0.5, 0.6) is 5.75 Å². The van der Waals surface area contributed by atoms with Gasteiger partial charge in [0.15, 0.2) is 0 Å². The van der Waals surface area contributed by atoms with Crippen molar-refractivity contribution in [3.63, 3.8) is 0 Å². The van der Waals surface area contributed by atoms with E-state index in [4.69, 9.17) is 10.5 Å². The summed E-state index contributed by atoms with van der Waals surface area (Å²) in [4.78, 5) is 0.266. The molecule has 1 aromatic carbocycles. The van der Waals surface area contributed by atoms with Gasteiger partial charge in [-0.3, -0.25) is 0 Å². The van der Waals surface area contributed by atoms with Gasteiger partial charge in [-0.05, 0) is 69.8 Å². The molecule has 1 fully saturated rings. The second-order valence-electron chi connectivity index (χ2n) is 6.06. The van der Waals surface area contributed by atoms with Crippen molar-refractivity contribution in [2.45, 2.75) is 43.5 Å². The van der Waals surface area contributed by atoms with Gasteiger partial charge in [0.25, 0.3) is 0 Å². The lowest BCUT2D eigenvalue weighted by Gasteiger charge is -2.25. The molecule has 0 aliphatic heterocycles. The van der Waals surface area contributed by atoms with Crippen molar-refractivity contribution >= 4 is 10.0 Å². The maximum absolute atomic E-state index is 12.4. The van der Waals surface area contributed by atoms with E-state index in [0.29, 0.717) is 24.8 Å². The fraction of sp³-hybridized carbons (Fsp3) is 0.600. The molecule has 0 radical (unpaired) electrons. The third-order valence-electron chi connectivity index (χ3n) is 3.75. The zero-order chi connectivity index (χ0) is 15.5. The van der Waals surface area contributed by atoms with E-state index in [1.165, 1.54) is 0 Å². The largest absolute Gasteiger partial charge is 0.494 e. The predicted molar refractivity (Wildman–Crippen MR) is 82.7 cm³/mol. The molecular formula is C15H24N2O3S. The highest BCUT2D eigenvalue weighted by molar-refractivity contribution is 7.89. The van der Waals surface area contributed by atoms with Crippen molar-refractivity contribution in [3.05, 3.63) is 24.3 Å². The van der Waals surface area contributed by atoms with Crippen LogP contribution in [-0.2, 0) is 10.0 Å². The van der Waals surface area contributed by atoms with Crippen LogP contribution in [0, 0.1) is 5.92 Å². The van der Waals surface area contributed by atoms with E-state index in [2.05, 4.69) is 4.72 Å². The van der Waals surface area contributed by atoms with Crippen molar-refractivity contribution in [2.24, 2.45) is 11.7 Å². The van der Waals surface area contributed by atoms with Gasteiger partial charge < -0.3 is 10.5 Å². The molecule has 0 spiro atoms. The Balaban J connectivity index is 2.02. The van der Waals surface area contributed by atoms with Gasteiger partial charge >= 0.3 is 0 Å². The van der Waals surface area contributed by atoms with Crippen LogP contribution in [0.25, 0.3) is 0 Å². The van der Waals surface area contributed by atoms with E-state index in [1.807, 2.05) is 13.8 Å². The molecule has 5 nitrogen and oxygen atoms in total. The Morgan fingerprint density at radius 2 is 1.90 bits per heavy atom. The zero-order valence-corrected chi connectivity index (χ0v) is 13.4. The van der Waals surface area contributed by atoms with E-state index >= 15 is 0 Å². The number of sulfonamides is 1. The summed E-state index contributed by atoms with van der Waals surface area (Å²) in [5, 5.41) is 0. The van der Waals surface area contributed by atoms with Crippen LogP contribution in [-0.4, -0.2) is 27.1 Å². The Morgan fingerprint density at radius 3 is 2.43 bits per heavy atom. The quantitative estimate of drug-likeness (QED) is 0.718. The summed E-state index contributed by atoms with van der Waals surface area (Å²) in [6, 6.07) is 6.50. The van der Waals surface area contributed by atoms with E-state index in [1.54, 1.807) is 24.3 Å². The minimum atomic E-state index is -3.49. The van der Waals surface area contributed by atoms with Crippen LogP contribution in [0.15, 0.2) is 29.2 Å². The monoisotopic (exact) mass is 312 g/mol. The standard InChI is InChI=1S/C15H24N2O3S/c1-15(2,12-4-5-12)17-21(18,19)14-8-6-13(7-9-14)20-11-3-10-16/h6-9,12,17H,3-5,10-11,16H2,1-2H3. The van der Waals surface area contributed by atoms with Crippen molar-refractivity contribution in [3.8, 4) is 5.75 Å². The number of rotatable bonds is 8. The fourth-order valence-corrected chi connectivity index (χ4v) is 3.75. The summed E-state index contributed by atoms with van der Waals surface area (Å²) in [6.07, 6.45) is 2.95. The zero-order valence-electron chi connectivity index (χ0n) is 12.6. The molecular weight excluding hydrogens is 288 g/mol. The molecule has 0 saturated heterocycles. The molecule has 0 atom stereocenters. The molecule has 0 heterocycles. The molecule has 0 amide bonds. The molecule has 1 aliphatic carbocycles. The van der Waals surface area contributed by atoms with E-state index in [0.717, 1.165) is 19.3 Å². The lowest BCUT2D eigenvalue weighted by molar-refractivity contribution is 0.313. The molecule has 0 aromatic heterocycles. The maximum atomic E-state index is 12.4. The van der Waals surface area contributed by atoms with Crippen LogP contribution >= 0.6 is 0 Å². The van der Waals surface area contributed by atoms with E-state index < -0.39 is 15.6 Å². The van der Waals surface area contributed by atoms with Crippen molar-refractivity contribution in [2.75, 3.05) is 13.2 Å². The SMILES string of the molecule is CC(C)(NS(=O)(=O)c1ccc(OCCCN)cc1)C1CC1. The average molecular weight is 312 g/mol. The minimum Gasteiger partial charge on any atom is -0.494 e. The van der Waals surface area contributed by atoms with Gasteiger partial charge in [-0.1, -0.05) is 0 Å². The molecule has 1 aromatic rings. The number of nitrogens with one attached hydrogen (secondary N) is 1. The predicted octanol–water partition coefficient (Wildman–Crippen LogP) is 1.88. The first-order valence-corrected chi connectivity index (χ1v) is 8.80. The number of hydrogen-bond donors (Lipinski definition) is 2. The highest BCUT2D eigenvalue weighted by atomic mass is 32.2. The number of ether oxygens (including phenoxy) is 1. The number of benzene rings is 1. The van der Waals surface area contributed by atoms with Gasteiger partial charge in [0, 0.05) is 5.54 Å². The Bertz CT molecular complexity index is 563. The molecule has 118 valence electrons. The van der Waals surface area contributed by atoms with Gasteiger partial charge in [0.05, 0.1) is 11.5 Å². The first-order chi connectivity index (χ1) is 9.85. The molecule has 3 N–H and O–H groups in total. The Kier molecular flexibility index (Phi) is 4.91. The van der Waals surface area contributed by atoms with E-state index in [9.17, 15) is 8.42 Å². The van der Waals surface area contributed by atoms with Crippen LogP contribution in [0.3, 0.4) is 0 Å². The average Bonchev–Trinajstić information content (AvgIpc) is 3.23. The Hall–Kier alpha value is -1.11. The maximum Gasteiger partial charge on any atom is 0.241 e. The topological polar surface area (TPSA) is 81.4 Å². The molecule has 1 aliphatic rings. The Labute approximate surface area is 126 Å². The molecule has 6 heteroatoms. The summed E-state index contributed by atoms with van der Waals surface area (Å²) in [6.45, 7) is 4.99. The third kappa shape index (κ3) is 4.43. The van der Waals surface area contributed by atoms with Gasteiger partial charge in [0.1, 0.15) is 5.75 Å². The van der Waals surface area contributed by atoms with Crippen molar-refractivity contribution < 1.29 is 13.2 Å². The Morgan fingerprint density at radius 1 is 1.29 bits per heavy atom. The molecule has 1 saturated carbocycles. The fourth-order valence-electron chi connectivity index (χ4n) is 2.28. The number of hydrogen-bond acceptors (Lipinski definition) is 4. The highest BCUT2D eigenvalue weighted by Gasteiger charge is 2.40. The molecule has 21 heavy (non-hydrogen) atoms. The lowest BCUT2D eigenvalue weighted by Crippen LogP contribution is -2.45. The lowest BCUT2D eigenvalue weighted by atomic mass is 10.0. The smallest absolute Gasteiger partial charge is 0.241 e. The van der Waals surface area contributed by atoms with Gasteiger partial charge in [0.2, 0.25) is 10.0 Å².